The molecule has 5 aromatic heterocycles. The number of ether oxygens (including phenoxy) is 6. The molecule has 0 radical (unpaired) electrons. The molecule has 34 nitrogen and oxygen atoms in total. The Morgan fingerprint density at radius 1 is 0.603 bits per heavy atom. The molecule has 0 aliphatic carbocycles. The number of aromatic nitrogens is 8. The molecule has 2 aliphatic rings. The van der Waals surface area contributed by atoms with Crippen molar-refractivity contribution in [3.63, 3.8) is 0 Å². The average molecular weight is 1980 g/mol. The van der Waals surface area contributed by atoms with Gasteiger partial charge < -0.3 is 87.9 Å². The number of nitrogens with zero attached hydrogens (tertiary/aromatic N) is 12. The highest BCUT2D eigenvalue weighted by molar-refractivity contribution is 9.09. The number of amides is 2. The third-order valence-electron chi connectivity index (χ3n) is 19.6. The van der Waals surface area contributed by atoms with Crippen molar-refractivity contribution in [1.29, 1.82) is 15.9 Å². The molecule has 2 amide bonds. The van der Waals surface area contributed by atoms with E-state index in [9.17, 15) is 18.0 Å². The second kappa shape index (κ2) is 57.3. The summed E-state index contributed by atoms with van der Waals surface area (Å²) in [5.74, 6) is 9.07. The van der Waals surface area contributed by atoms with Gasteiger partial charge in [0.2, 0.25) is 12.1 Å². The minimum Gasteiger partial charge on any atom is -0.457 e. The highest BCUT2D eigenvalue weighted by Gasteiger charge is 2.30. The third-order valence-corrected chi connectivity index (χ3v) is 20.8. The summed E-state index contributed by atoms with van der Waals surface area (Å²) in [6.45, 7) is 30.0. The first kappa shape index (κ1) is 110. The Balaban J connectivity index is 0.000000226. The number of fused-ring (bicyclic) bond motifs is 2. The Morgan fingerprint density at radius 2 is 1.02 bits per heavy atom. The van der Waals surface area contributed by atoms with Crippen molar-refractivity contribution in [2.45, 2.75) is 78.6 Å². The molecule has 2 atom stereocenters. The zero-order valence-corrected chi connectivity index (χ0v) is 79.7. The number of nitrogen functional groups attached to an aromatic ring is 3. The predicted molar refractivity (Wildman–Crippen MR) is 554 cm³/mol. The number of para-hydroxylation sites is 5. The summed E-state index contributed by atoms with van der Waals surface area (Å²) < 4.78 is 63.2. The molecular formula is C105H109BrN22O12S. The molecule has 10 aromatic carbocycles. The highest BCUT2D eigenvalue weighted by Crippen LogP contribution is 2.40. The van der Waals surface area contributed by atoms with Crippen LogP contribution < -0.4 is 63.8 Å². The average Bonchev–Trinajstić information content (AvgIpc) is 1.62. The highest BCUT2D eigenvalue weighted by atomic mass is 79.9. The number of nitrogens with one attached hydrogen (secondary N) is 4. The molecular weight excluding hydrogens is 1870 g/mol. The van der Waals surface area contributed by atoms with E-state index >= 15 is 0 Å². The zero-order chi connectivity index (χ0) is 99.9. The SMILES string of the molecule is C.CC(=O)c1ccc(Oc2ccccc2)cc1.CC(C)(C)OC(=O)N1CCCC(OS(C)(=O)=O)C1.N.N=CN.NC=O.Nc1ncnc2c1c(-c1ccc(Oc3ccccc3)cc1)cn2C1CCCNC1.Nc1ncnc2n[nH]c(-c3ccc(Oc4ccccc4)cc3)c12.[C-]#[N+]/C(C#N)=C(/CBr)c1ccc(Oc2ccccc2)cc1.[C-]#[N+]CC#N.[C-]#[N+]c1c(-c2ccc(Oc3ccccc3)cc2)c[nH]c1N. The fraction of sp³-hybridized carbons (Fsp3) is 0.181. The second-order valence-electron chi connectivity index (χ2n) is 30.7. The standard InChI is InChI=1S/C23H23N5O.C17H11BrN2O.C17H13N5O.C17H13N3O.C14H12O2.C11H21NO5S.C3H2N2.CH4N2.CH3NO.CH4.H3N/c24-22-21-20(14-28(23(21)27-15-26-22)17-5-4-12-25-13-17)16-8-10-19(11-9-16)29-18-6-2-1-3-7-18;1-20-17(12-19)16(11-18)13-7-9-15(10-8-13)21-14-5-3-2-4-6-14;18-16-14-15(21-22-17(14)20-10-19-16)11-6-8-13(9-7-11)23-12-4-2-1-3-5-12;1-19-16-15(11-20-17(16)18)12-7-9-14(10-8-12)21-13-5-3-2-4-6-13;1-11(15)12-7-9-14(10-8-12)16-13-5-3-2-4-6-13;1-11(2,3)16-10(13)12-7-5-6-9(8-12)17-18(4,14)15;1-5-3-2-4;2*2-1-3;;/h1-3,6-11,14-15,17,25H,4-5,12-13H2,(H2,24,26,27);2-10H,11H2;1-10H,(H3,18,19,20,21,22);2-11,20H,18H2;2-10H,1H3;9H,5-8H2,1-4H3;3H2;1H,(H3,2,3);1H,(H2,2,3);1H4;1H3/b;17-16-;;;;;;;;;. The van der Waals surface area contributed by atoms with Gasteiger partial charge in [-0.15, -0.1) is 0 Å². The number of primary amides is 1. The number of Topliss-reactive ketones (excluding diaryl/α,β-unsaturated/α-hetero) is 1. The topological polar surface area (TPSA) is 516 Å². The number of allylic oxidation sites excluding steroid dienone is 2. The molecule has 2 fully saturated rings. The van der Waals surface area contributed by atoms with Gasteiger partial charge in [0.1, 0.15) is 105 Å². The molecule has 0 bridgehead atoms. The van der Waals surface area contributed by atoms with Crippen LogP contribution in [0.3, 0.4) is 0 Å². The number of carbonyl (C=O) groups is 3. The van der Waals surface area contributed by atoms with Crippen molar-refractivity contribution < 1.29 is 55.4 Å². The Bertz CT molecular complexity index is 6800. The molecule has 15 aromatic rings. The molecule has 7 heterocycles. The lowest BCUT2D eigenvalue weighted by molar-refractivity contribution is -0.106. The van der Waals surface area contributed by atoms with Crippen LogP contribution in [0.15, 0.2) is 304 Å². The number of hydrogen-bond donors (Lipinski definition) is 10. The molecule has 17 N–H and O–H groups in total. The van der Waals surface area contributed by atoms with E-state index in [1.165, 1.54) is 11.2 Å². The normalized spacial score (nSPS) is 12.6. The number of ketones is 1. The van der Waals surface area contributed by atoms with E-state index in [0.717, 1.165) is 146 Å². The smallest absolute Gasteiger partial charge is 0.410 e. The summed E-state index contributed by atoms with van der Waals surface area (Å²) in [6, 6.07) is 89.8. The van der Waals surface area contributed by atoms with E-state index in [1.807, 2.05) is 243 Å². The molecule has 724 valence electrons. The lowest BCUT2D eigenvalue weighted by Gasteiger charge is -2.33. The first-order chi connectivity index (χ1) is 67.2. The number of nitriles is 2. The number of anilines is 3. The van der Waals surface area contributed by atoms with Gasteiger partial charge in [0.25, 0.3) is 22.4 Å². The maximum absolute atomic E-state index is 11.8. The first-order valence-electron chi connectivity index (χ1n) is 43.0. The number of hydrogen-bond acceptors (Lipinski definition) is 25. The van der Waals surface area contributed by atoms with Crippen molar-refractivity contribution in [3.8, 4) is 103 Å². The van der Waals surface area contributed by atoms with Crippen LogP contribution in [0.1, 0.15) is 82.8 Å². The van der Waals surface area contributed by atoms with Gasteiger partial charge in [-0.2, -0.15) is 18.8 Å². The van der Waals surface area contributed by atoms with Gasteiger partial charge in [0.05, 0.1) is 60.9 Å². The van der Waals surface area contributed by atoms with Crippen LogP contribution in [-0.4, -0.2) is 134 Å². The largest absolute Gasteiger partial charge is 0.457 e. The molecule has 0 saturated carbocycles. The van der Waals surface area contributed by atoms with Crippen molar-refractivity contribution in [1.82, 2.24) is 56.1 Å². The number of halogens is 1. The molecule has 2 saturated heterocycles. The Kier molecular flexibility index (Phi) is 44.9. The van der Waals surface area contributed by atoms with Crippen LogP contribution in [0.4, 0.5) is 27.9 Å². The first-order valence-corrected chi connectivity index (χ1v) is 45.9. The molecule has 2 aliphatic heterocycles. The van der Waals surface area contributed by atoms with Crippen molar-refractivity contribution in [2.24, 2.45) is 11.5 Å². The number of benzene rings is 10. The van der Waals surface area contributed by atoms with Crippen molar-refractivity contribution in [3.05, 3.63) is 349 Å². The number of H-pyrrole nitrogens is 2. The number of piperidine rings is 2. The fourth-order valence-electron chi connectivity index (χ4n) is 13.5. The fourth-order valence-corrected chi connectivity index (χ4v) is 14.7. The van der Waals surface area contributed by atoms with E-state index < -0.39 is 27.9 Å². The molecule has 2 unspecified atom stereocenters. The van der Waals surface area contributed by atoms with E-state index in [1.54, 1.807) is 70.6 Å². The van der Waals surface area contributed by atoms with Crippen LogP contribution in [0.2, 0.25) is 0 Å². The number of alkyl halides is 1. The Morgan fingerprint density at radius 3 is 1.40 bits per heavy atom. The van der Waals surface area contributed by atoms with E-state index in [0.29, 0.717) is 76.4 Å². The number of carbonyl (C=O) groups excluding carboxylic acids is 3. The molecule has 141 heavy (non-hydrogen) atoms. The molecule has 0 spiro atoms. The third kappa shape index (κ3) is 35.3. The minimum absolute atomic E-state index is 0. The summed E-state index contributed by atoms with van der Waals surface area (Å²) in [5.41, 5.74) is 35.7. The van der Waals surface area contributed by atoms with Crippen LogP contribution >= 0.6 is 15.9 Å². The maximum atomic E-state index is 11.8. The van der Waals surface area contributed by atoms with E-state index in [2.05, 4.69) is 105 Å². The Labute approximate surface area is 827 Å². The number of aromatic amines is 2. The van der Waals surface area contributed by atoms with Crippen LogP contribution in [-0.2, 0) is 23.8 Å². The van der Waals surface area contributed by atoms with Gasteiger partial charge in [0.15, 0.2) is 11.4 Å². The summed E-state index contributed by atoms with van der Waals surface area (Å²) in [5, 5.41) is 35.1. The monoisotopic (exact) mass is 1980 g/mol. The summed E-state index contributed by atoms with van der Waals surface area (Å²) in [6.07, 6.45) is 11.6. The van der Waals surface area contributed by atoms with Crippen molar-refractivity contribution in [2.75, 3.05) is 61.5 Å². The number of likely N-dealkylation sites (tertiary alicyclic amines) is 1. The Hall–Kier alpha value is -17.6. The quantitative estimate of drug-likeness (QED) is 0.00414. The molecule has 17 rings (SSSR count). The summed E-state index contributed by atoms with van der Waals surface area (Å²) in [4.78, 5) is 62.2. The van der Waals surface area contributed by atoms with E-state index in [4.69, 9.17) is 90.2 Å². The van der Waals surface area contributed by atoms with Crippen molar-refractivity contribution >= 4 is 101 Å². The predicted octanol–water partition coefficient (Wildman–Crippen LogP) is 22.4. The lowest BCUT2D eigenvalue weighted by atomic mass is 10.1. The number of nitrogens with two attached hydrogens (primary N) is 5. The molecule has 36 heteroatoms. The maximum Gasteiger partial charge on any atom is 0.410 e. The second-order valence-corrected chi connectivity index (χ2v) is 32.9. The van der Waals surface area contributed by atoms with Gasteiger partial charge in [-0.3, -0.25) is 24.3 Å². The minimum atomic E-state index is -3.49. The van der Waals surface area contributed by atoms with Gasteiger partial charge >= 0.3 is 6.09 Å². The van der Waals surface area contributed by atoms with Crippen LogP contribution in [0, 0.1) is 47.8 Å². The van der Waals surface area contributed by atoms with Gasteiger partial charge in [0, 0.05) is 52.9 Å². The van der Waals surface area contributed by atoms with Crippen LogP contribution in [0.5, 0.6) is 57.5 Å². The van der Waals surface area contributed by atoms with Crippen LogP contribution in [0.25, 0.3) is 75.7 Å². The summed E-state index contributed by atoms with van der Waals surface area (Å²) in [7, 11) is -3.49. The number of rotatable bonds is 19. The van der Waals surface area contributed by atoms with Gasteiger partial charge in [-0.05, 0) is 234 Å². The summed E-state index contributed by atoms with van der Waals surface area (Å²) >= 11 is 3.32. The van der Waals surface area contributed by atoms with Gasteiger partial charge in [-0.1, -0.05) is 151 Å². The van der Waals surface area contributed by atoms with Gasteiger partial charge in [-0.25, -0.2) is 46.3 Å². The lowest BCUT2D eigenvalue weighted by Crippen LogP contribution is -2.45. The van der Waals surface area contributed by atoms with E-state index in [-0.39, 0.29) is 44.6 Å². The zero-order valence-electron chi connectivity index (χ0n) is 77.3.